The van der Waals surface area contributed by atoms with E-state index in [4.69, 9.17) is 5.73 Å². The Morgan fingerprint density at radius 1 is 1.35 bits per heavy atom. The van der Waals surface area contributed by atoms with E-state index in [2.05, 4.69) is 16.9 Å². The van der Waals surface area contributed by atoms with Crippen LogP contribution in [0.15, 0.2) is 35.1 Å². The Kier molecular flexibility index (Phi) is 4.28. The van der Waals surface area contributed by atoms with Gasteiger partial charge in [0.2, 0.25) is 0 Å². The smallest absolute Gasteiger partial charge is 0.267 e. The first kappa shape index (κ1) is 14.0. The lowest BCUT2D eigenvalue weighted by molar-refractivity contribution is 0.568. The monoisotopic (exact) mass is 271 g/mol. The highest BCUT2D eigenvalue weighted by Crippen LogP contribution is 2.10. The third-order valence-corrected chi connectivity index (χ3v) is 2.71. The normalized spacial score (nSPS) is 9.95. The van der Waals surface area contributed by atoms with Crippen molar-refractivity contribution in [2.75, 3.05) is 6.54 Å². The van der Waals surface area contributed by atoms with E-state index in [-0.39, 0.29) is 18.6 Å². The molecule has 1 aromatic heterocycles. The third kappa shape index (κ3) is 3.31. The molecule has 0 aliphatic carbocycles. The molecular formula is C15H14FN3O. The van der Waals surface area contributed by atoms with Crippen molar-refractivity contribution < 1.29 is 4.39 Å². The van der Waals surface area contributed by atoms with Crippen molar-refractivity contribution in [1.29, 1.82) is 0 Å². The van der Waals surface area contributed by atoms with Crippen LogP contribution in [0, 0.1) is 24.6 Å². The number of aryl methyl sites for hydroxylation is 1. The fourth-order valence-electron chi connectivity index (χ4n) is 1.73. The fourth-order valence-corrected chi connectivity index (χ4v) is 1.73. The SMILES string of the molecule is Cc1ccc(=O)n(Cc2ccc(C#CCN)cc2F)n1. The van der Waals surface area contributed by atoms with Gasteiger partial charge in [-0.25, -0.2) is 9.07 Å². The zero-order valence-electron chi connectivity index (χ0n) is 11.1. The number of rotatable bonds is 2. The highest BCUT2D eigenvalue weighted by molar-refractivity contribution is 5.37. The van der Waals surface area contributed by atoms with Crippen molar-refractivity contribution >= 4 is 0 Å². The van der Waals surface area contributed by atoms with E-state index in [1.807, 2.05) is 0 Å². The van der Waals surface area contributed by atoms with Gasteiger partial charge in [0.25, 0.3) is 5.56 Å². The molecule has 1 aromatic carbocycles. The molecule has 0 bridgehead atoms. The molecule has 0 saturated heterocycles. The van der Waals surface area contributed by atoms with Crippen LogP contribution in [0.1, 0.15) is 16.8 Å². The molecule has 0 aliphatic heterocycles. The van der Waals surface area contributed by atoms with Gasteiger partial charge in [-0.2, -0.15) is 5.10 Å². The molecule has 2 N–H and O–H groups in total. The van der Waals surface area contributed by atoms with E-state index >= 15 is 0 Å². The van der Waals surface area contributed by atoms with Crippen LogP contribution in [0.2, 0.25) is 0 Å². The average Bonchev–Trinajstić information content (AvgIpc) is 2.43. The first-order chi connectivity index (χ1) is 9.60. The molecule has 0 spiro atoms. The quantitative estimate of drug-likeness (QED) is 0.830. The number of nitrogens with zero attached hydrogens (tertiary/aromatic N) is 2. The molecule has 0 saturated carbocycles. The maximum atomic E-state index is 14.0. The standard InChI is InChI=1S/C15H14FN3O/c1-11-4-7-15(20)19(18-11)10-13-6-5-12(3-2-8-17)9-14(13)16/h4-7,9H,8,10,17H2,1H3. The summed E-state index contributed by atoms with van der Waals surface area (Å²) in [6.45, 7) is 2.10. The van der Waals surface area contributed by atoms with Gasteiger partial charge in [0.1, 0.15) is 5.82 Å². The lowest BCUT2D eigenvalue weighted by Gasteiger charge is -2.06. The van der Waals surface area contributed by atoms with Gasteiger partial charge in [-0.1, -0.05) is 17.9 Å². The second-order valence-electron chi connectivity index (χ2n) is 4.28. The zero-order valence-corrected chi connectivity index (χ0v) is 11.1. The van der Waals surface area contributed by atoms with E-state index in [1.54, 1.807) is 25.1 Å². The van der Waals surface area contributed by atoms with Crippen LogP contribution in [-0.2, 0) is 6.54 Å². The maximum absolute atomic E-state index is 14.0. The molecule has 5 heteroatoms. The lowest BCUT2D eigenvalue weighted by Crippen LogP contribution is -2.23. The molecule has 20 heavy (non-hydrogen) atoms. The first-order valence-electron chi connectivity index (χ1n) is 6.12. The van der Waals surface area contributed by atoms with Crippen molar-refractivity contribution in [1.82, 2.24) is 9.78 Å². The van der Waals surface area contributed by atoms with Crippen molar-refractivity contribution in [2.45, 2.75) is 13.5 Å². The van der Waals surface area contributed by atoms with E-state index in [0.29, 0.717) is 16.8 Å². The van der Waals surface area contributed by atoms with Crippen molar-refractivity contribution in [3.8, 4) is 11.8 Å². The number of halogens is 1. The van der Waals surface area contributed by atoms with Gasteiger partial charge in [-0.3, -0.25) is 4.79 Å². The van der Waals surface area contributed by atoms with Crippen LogP contribution in [0.4, 0.5) is 4.39 Å². The number of hydrogen-bond acceptors (Lipinski definition) is 3. The Balaban J connectivity index is 2.30. The van der Waals surface area contributed by atoms with Gasteiger partial charge < -0.3 is 5.73 Å². The molecule has 102 valence electrons. The van der Waals surface area contributed by atoms with Crippen LogP contribution in [0.5, 0.6) is 0 Å². The summed E-state index contributed by atoms with van der Waals surface area (Å²) in [6, 6.07) is 7.68. The zero-order chi connectivity index (χ0) is 14.5. The maximum Gasteiger partial charge on any atom is 0.267 e. The number of hydrogen-bond donors (Lipinski definition) is 1. The molecule has 4 nitrogen and oxygen atoms in total. The summed E-state index contributed by atoms with van der Waals surface area (Å²) < 4.78 is 15.2. The molecule has 0 unspecified atom stereocenters. The Morgan fingerprint density at radius 3 is 2.85 bits per heavy atom. The second-order valence-corrected chi connectivity index (χ2v) is 4.28. The van der Waals surface area contributed by atoms with E-state index in [1.165, 1.54) is 16.8 Å². The van der Waals surface area contributed by atoms with Crippen LogP contribution >= 0.6 is 0 Å². The van der Waals surface area contributed by atoms with E-state index < -0.39 is 5.82 Å². The van der Waals surface area contributed by atoms with Crippen molar-refractivity contribution in [3.05, 3.63) is 63.3 Å². The minimum atomic E-state index is -0.413. The fraction of sp³-hybridized carbons (Fsp3) is 0.200. The van der Waals surface area contributed by atoms with E-state index in [0.717, 1.165) is 0 Å². The average molecular weight is 271 g/mol. The van der Waals surface area contributed by atoms with Crippen molar-refractivity contribution in [2.24, 2.45) is 5.73 Å². The lowest BCUT2D eigenvalue weighted by atomic mass is 10.1. The topological polar surface area (TPSA) is 60.9 Å². The molecule has 2 rings (SSSR count). The van der Waals surface area contributed by atoms with Gasteiger partial charge in [0.05, 0.1) is 18.8 Å². The minimum absolute atomic E-state index is 0.0942. The summed E-state index contributed by atoms with van der Waals surface area (Å²) in [4.78, 5) is 11.6. The Hall–Kier alpha value is -2.45. The molecule has 1 heterocycles. The summed E-state index contributed by atoms with van der Waals surface area (Å²) in [5.41, 5.74) is 6.65. The molecule has 0 fully saturated rings. The Morgan fingerprint density at radius 2 is 2.15 bits per heavy atom. The minimum Gasteiger partial charge on any atom is -0.320 e. The summed E-state index contributed by atoms with van der Waals surface area (Å²) in [6.07, 6.45) is 0. The predicted octanol–water partition coefficient (Wildman–Crippen LogP) is 1.05. The molecule has 0 atom stereocenters. The molecule has 2 aromatic rings. The molecule has 0 radical (unpaired) electrons. The van der Waals surface area contributed by atoms with Gasteiger partial charge in [0.15, 0.2) is 0 Å². The first-order valence-corrected chi connectivity index (χ1v) is 6.12. The van der Waals surface area contributed by atoms with Gasteiger partial charge in [-0.15, -0.1) is 0 Å². The summed E-state index contributed by atoms with van der Waals surface area (Å²) in [5, 5.41) is 4.07. The third-order valence-electron chi connectivity index (χ3n) is 2.71. The Bertz CT molecular complexity index is 741. The number of nitrogens with two attached hydrogens (primary N) is 1. The van der Waals surface area contributed by atoms with Crippen LogP contribution in [0.25, 0.3) is 0 Å². The molecule has 0 amide bonds. The van der Waals surface area contributed by atoms with Crippen LogP contribution < -0.4 is 11.3 Å². The Labute approximate surface area is 116 Å². The van der Waals surface area contributed by atoms with Gasteiger partial charge >= 0.3 is 0 Å². The summed E-state index contributed by atoms with van der Waals surface area (Å²) >= 11 is 0. The van der Waals surface area contributed by atoms with Gasteiger partial charge in [0, 0.05) is 17.2 Å². The molecular weight excluding hydrogens is 257 g/mol. The highest BCUT2D eigenvalue weighted by Gasteiger charge is 2.06. The molecule has 0 aliphatic rings. The van der Waals surface area contributed by atoms with Crippen LogP contribution in [0.3, 0.4) is 0 Å². The van der Waals surface area contributed by atoms with Crippen molar-refractivity contribution in [3.63, 3.8) is 0 Å². The summed E-state index contributed by atoms with van der Waals surface area (Å²) in [7, 11) is 0. The summed E-state index contributed by atoms with van der Waals surface area (Å²) in [5.74, 6) is 5.01. The number of aromatic nitrogens is 2. The highest BCUT2D eigenvalue weighted by atomic mass is 19.1. The second kappa shape index (κ2) is 6.13. The van der Waals surface area contributed by atoms with Crippen LogP contribution in [-0.4, -0.2) is 16.3 Å². The van der Waals surface area contributed by atoms with E-state index in [9.17, 15) is 9.18 Å². The van der Waals surface area contributed by atoms with Gasteiger partial charge in [-0.05, 0) is 25.1 Å². The number of benzene rings is 1. The predicted molar refractivity (Wildman–Crippen MR) is 74.7 cm³/mol. The largest absolute Gasteiger partial charge is 0.320 e.